The molecular formula is C18H19NO5. The first kappa shape index (κ1) is 16.4. The molecule has 3 rings (SSSR count). The lowest BCUT2D eigenvalue weighted by Gasteiger charge is -2.48. The van der Waals surface area contributed by atoms with Gasteiger partial charge in [-0.2, -0.15) is 0 Å². The van der Waals surface area contributed by atoms with Crippen LogP contribution in [0.4, 0.5) is 0 Å². The lowest BCUT2D eigenvalue weighted by Crippen LogP contribution is -2.58. The normalized spacial score (nSPS) is 28.7. The van der Waals surface area contributed by atoms with Gasteiger partial charge in [0, 0.05) is 30.9 Å². The molecule has 3 unspecified atom stereocenters. The molecule has 1 aromatic rings. The van der Waals surface area contributed by atoms with Crippen molar-refractivity contribution >= 4 is 17.7 Å². The van der Waals surface area contributed by atoms with Gasteiger partial charge in [0.25, 0.3) is 0 Å². The molecule has 0 saturated carbocycles. The summed E-state index contributed by atoms with van der Waals surface area (Å²) < 4.78 is 5.54. The molecule has 2 N–H and O–H groups in total. The van der Waals surface area contributed by atoms with Crippen molar-refractivity contribution in [1.82, 2.24) is 0 Å². The molecule has 6 nitrogen and oxygen atoms in total. The summed E-state index contributed by atoms with van der Waals surface area (Å²) in [5.74, 6) is -3.09. The quantitative estimate of drug-likeness (QED) is 0.886. The largest absolute Gasteiger partial charge is 0.480 e. The maximum absolute atomic E-state index is 12.4. The van der Waals surface area contributed by atoms with Crippen LogP contribution in [0.2, 0.25) is 0 Å². The zero-order chi connectivity index (χ0) is 17.6. The van der Waals surface area contributed by atoms with Gasteiger partial charge in [0.2, 0.25) is 0 Å². The molecule has 24 heavy (non-hydrogen) atoms. The van der Waals surface area contributed by atoms with E-state index in [4.69, 9.17) is 4.74 Å². The minimum atomic E-state index is -1.52. The lowest BCUT2D eigenvalue weighted by atomic mass is 9.56. The molecule has 3 atom stereocenters. The number of nitrogens with zero attached hydrogens (tertiary/aromatic N) is 1. The number of ether oxygens (including phenoxy) is 1. The van der Waals surface area contributed by atoms with E-state index in [2.05, 4.69) is 4.99 Å². The van der Waals surface area contributed by atoms with Crippen molar-refractivity contribution in [2.45, 2.75) is 32.3 Å². The minimum absolute atomic E-state index is 0.0252. The molecule has 126 valence electrons. The fourth-order valence-electron chi connectivity index (χ4n) is 4.20. The summed E-state index contributed by atoms with van der Waals surface area (Å²) in [6, 6.07) is 7.36. The van der Waals surface area contributed by atoms with Gasteiger partial charge < -0.3 is 14.9 Å². The fraction of sp³-hybridized carbons (Fsp3) is 0.389. The van der Waals surface area contributed by atoms with Crippen LogP contribution in [0.5, 0.6) is 0 Å². The summed E-state index contributed by atoms with van der Waals surface area (Å²) in [7, 11) is 1.46. The van der Waals surface area contributed by atoms with E-state index in [0.717, 1.165) is 11.1 Å². The number of benzene rings is 1. The van der Waals surface area contributed by atoms with Crippen LogP contribution in [-0.2, 0) is 20.7 Å². The highest BCUT2D eigenvalue weighted by Crippen LogP contribution is 2.54. The second-order valence-electron chi connectivity index (χ2n) is 6.24. The average Bonchev–Trinajstić information content (AvgIpc) is 2.53. The van der Waals surface area contributed by atoms with Gasteiger partial charge in [-0.3, -0.25) is 9.79 Å². The van der Waals surface area contributed by atoms with Gasteiger partial charge >= 0.3 is 11.9 Å². The summed E-state index contributed by atoms with van der Waals surface area (Å²) in [4.78, 5) is 28.6. The first-order chi connectivity index (χ1) is 11.4. The van der Waals surface area contributed by atoms with Gasteiger partial charge in [-0.25, -0.2) is 4.79 Å². The summed E-state index contributed by atoms with van der Waals surface area (Å²) in [6.45, 7) is 3.25. The van der Waals surface area contributed by atoms with E-state index in [1.54, 1.807) is 26.0 Å². The zero-order valence-corrected chi connectivity index (χ0v) is 13.7. The summed E-state index contributed by atoms with van der Waals surface area (Å²) >= 11 is 0. The lowest BCUT2D eigenvalue weighted by molar-refractivity contribution is -0.154. The summed E-state index contributed by atoms with van der Waals surface area (Å²) in [5.41, 5.74) is 0.859. The highest BCUT2D eigenvalue weighted by molar-refractivity contribution is 6.11. The SMILES string of the molecule is COC1Cc2ccccc2C2C(C(=O)O)=C(C)N=C(C)C12C(=O)O. The van der Waals surface area contributed by atoms with Crippen LogP contribution < -0.4 is 0 Å². The molecule has 1 heterocycles. The molecule has 1 aliphatic carbocycles. The molecular weight excluding hydrogens is 310 g/mol. The monoisotopic (exact) mass is 329 g/mol. The molecule has 2 aliphatic rings. The number of hydrogen-bond acceptors (Lipinski definition) is 4. The van der Waals surface area contributed by atoms with Crippen LogP contribution in [0.3, 0.4) is 0 Å². The Morgan fingerprint density at radius 1 is 1.25 bits per heavy atom. The van der Waals surface area contributed by atoms with E-state index in [9.17, 15) is 19.8 Å². The molecule has 6 heteroatoms. The van der Waals surface area contributed by atoms with Crippen molar-refractivity contribution in [2.75, 3.05) is 7.11 Å². The van der Waals surface area contributed by atoms with Crippen LogP contribution in [0.25, 0.3) is 0 Å². The number of methoxy groups -OCH3 is 1. The second-order valence-corrected chi connectivity index (χ2v) is 6.24. The van der Waals surface area contributed by atoms with Gasteiger partial charge in [0.05, 0.1) is 11.7 Å². The molecule has 0 fully saturated rings. The molecule has 0 aromatic heterocycles. The highest BCUT2D eigenvalue weighted by atomic mass is 16.5. The number of rotatable bonds is 3. The number of hydrogen-bond donors (Lipinski definition) is 2. The maximum atomic E-state index is 12.4. The van der Waals surface area contributed by atoms with E-state index in [1.165, 1.54) is 7.11 Å². The topological polar surface area (TPSA) is 96.2 Å². The maximum Gasteiger partial charge on any atom is 0.334 e. The summed E-state index contributed by atoms with van der Waals surface area (Å²) in [5, 5.41) is 19.9. The zero-order valence-electron chi connectivity index (χ0n) is 13.7. The standard InChI is InChI=1S/C18H19NO5/c1-9-14(16(20)21)15-12-7-5-4-6-11(12)8-13(24-3)18(15,17(22)23)10(2)19-9/h4-7,13,15H,8H2,1-3H3,(H,20,21)(H,22,23). The fourth-order valence-corrected chi connectivity index (χ4v) is 4.20. The second kappa shape index (κ2) is 5.56. The smallest absolute Gasteiger partial charge is 0.334 e. The number of carbonyl (C=O) groups is 2. The van der Waals surface area contributed by atoms with E-state index in [-0.39, 0.29) is 5.57 Å². The Morgan fingerprint density at radius 2 is 1.92 bits per heavy atom. The molecule has 0 bridgehead atoms. The molecule has 0 spiro atoms. The van der Waals surface area contributed by atoms with Crippen LogP contribution in [-0.4, -0.2) is 41.1 Å². The minimum Gasteiger partial charge on any atom is -0.480 e. The third-order valence-electron chi connectivity index (χ3n) is 5.22. The van der Waals surface area contributed by atoms with Gasteiger partial charge in [-0.15, -0.1) is 0 Å². The van der Waals surface area contributed by atoms with E-state index in [0.29, 0.717) is 17.8 Å². The van der Waals surface area contributed by atoms with Gasteiger partial charge in [-0.05, 0) is 25.0 Å². The van der Waals surface area contributed by atoms with Crippen molar-refractivity contribution in [1.29, 1.82) is 0 Å². The van der Waals surface area contributed by atoms with Gasteiger partial charge in [0.15, 0.2) is 0 Å². The van der Waals surface area contributed by atoms with Crippen molar-refractivity contribution in [3.05, 3.63) is 46.7 Å². The van der Waals surface area contributed by atoms with Crippen LogP contribution >= 0.6 is 0 Å². The molecule has 0 radical (unpaired) electrons. The third-order valence-corrected chi connectivity index (χ3v) is 5.22. The number of fused-ring (bicyclic) bond motifs is 3. The predicted molar refractivity (Wildman–Crippen MR) is 87.2 cm³/mol. The number of carboxylic acid groups (broad SMARTS) is 2. The Balaban J connectivity index is 2.41. The molecule has 0 saturated heterocycles. The van der Waals surface area contributed by atoms with Crippen molar-refractivity contribution in [3.8, 4) is 0 Å². The average molecular weight is 329 g/mol. The Kier molecular flexibility index (Phi) is 3.80. The Morgan fingerprint density at radius 3 is 2.50 bits per heavy atom. The van der Waals surface area contributed by atoms with Crippen molar-refractivity contribution < 1.29 is 24.5 Å². The molecule has 1 aliphatic heterocycles. The highest BCUT2D eigenvalue weighted by Gasteiger charge is 2.61. The number of aliphatic imine (C=N–C) groups is 1. The first-order valence-electron chi connectivity index (χ1n) is 7.69. The van der Waals surface area contributed by atoms with Crippen LogP contribution in [0, 0.1) is 5.41 Å². The van der Waals surface area contributed by atoms with Crippen molar-refractivity contribution in [3.63, 3.8) is 0 Å². The first-order valence-corrected chi connectivity index (χ1v) is 7.69. The third kappa shape index (κ3) is 1.96. The van der Waals surface area contributed by atoms with Crippen LogP contribution in [0.15, 0.2) is 40.5 Å². The van der Waals surface area contributed by atoms with E-state index >= 15 is 0 Å². The van der Waals surface area contributed by atoms with Crippen molar-refractivity contribution in [2.24, 2.45) is 10.4 Å². The van der Waals surface area contributed by atoms with Gasteiger partial charge in [0.1, 0.15) is 5.41 Å². The van der Waals surface area contributed by atoms with Crippen LogP contribution in [0.1, 0.15) is 30.9 Å². The molecule has 1 aromatic carbocycles. The Bertz CT molecular complexity index is 794. The van der Waals surface area contributed by atoms with E-state index in [1.807, 2.05) is 12.1 Å². The number of carboxylic acids is 2. The Labute approximate surface area is 139 Å². The Hall–Kier alpha value is -2.47. The van der Waals surface area contributed by atoms with Gasteiger partial charge in [-0.1, -0.05) is 24.3 Å². The molecule has 0 amide bonds. The van der Waals surface area contributed by atoms with E-state index < -0.39 is 29.4 Å². The number of allylic oxidation sites excluding steroid dienone is 1. The predicted octanol–water partition coefficient (Wildman–Crippen LogP) is 2.25. The summed E-state index contributed by atoms with van der Waals surface area (Å²) in [6.07, 6.45) is -0.296. The number of aliphatic carboxylic acids is 2.